The number of halogens is 2. The molecule has 3 nitrogen and oxygen atoms in total. The molecule has 11 heavy (non-hydrogen) atoms. The largest absolute Gasteiger partial charge is 0.296 e. The average Bonchev–Trinajstić information content (AvgIpc) is 2.11. The van der Waals surface area contributed by atoms with Gasteiger partial charge in [0.2, 0.25) is 0 Å². The van der Waals surface area contributed by atoms with Crippen LogP contribution in [0.3, 0.4) is 0 Å². The van der Waals surface area contributed by atoms with E-state index in [0.717, 1.165) is 0 Å². The highest BCUT2D eigenvalue weighted by Gasteiger charge is 2.17. The van der Waals surface area contributed by atoms with Gasteiger partial charge in [-0.15, -0.1) is 11.3 Å². The molecule has 0 aromatic carbocycles. The van der Waals surface area contributed by atoms with Crippen LogP contribution in [-0.4, -0.2) is 13.0 Å². The molecule has 0 radical (unpaired) electrons. The van der Waals surface area contributed by atoms with Crippen LogP contribution in [0, 0.1) is 0 Å². The Morgan fingerprint density at radius 1 is 1.45 bits per heavy atom. The van der Waals surface area contributed by atoms with Crippen LogP contribution >= 0.6 is 43.2 Å². The first-order chi connectivity index (χ1) is 4.93. The lowest BCUT2D eigenvalue weighted by Crippen LogP contribution is -1.95. The van der Waals surface area contributed by atoms with Crippen molar-refractivity contribution in [3.63, 3.8) is 0 Å². The van der Waals surface area contributed by atoms with Gasteiger partial charge in [-0.1, -0.05) is 0 Å². The molecule has 0 amide bonds. The van der Waals surface area contributed by atoms with E-state index in [1.807, 2.05) is 0 Å². The number of thiophene rings is 1. The minimum atomic E-state index is -4.08. The molecule has 0 saturated carbocycles. The van der Waals surface area contributed by atoms with Gasteiger partial charge < -0.3 is 0 Å². The minimum Gasteiger partial charge on any atom is -0.282 e. The van der Waals surface area contributed by atoms with Crippen LogP contribution in [0.2, 0.25) is 0 Å². The summed E-state index contributed by atoms with van der Waals surface area (Å²) in [7, 11) is -4.08. The maximum Gasteiger partial charge on any atom is 0.296 e. The van der Waals surface area contributed by atoms with Crippen LogP contribution in [-0.2, 0) is 10.1 Å². The second-order valence-corrected chi connectivity index (χ2v) is 6.04. The summed E-state index contributed by atoms with van der Waals surface area (Å²) in [6.45, 7) is 0. The van der Waals surface area contributed by atoms with Gasteiger partial charge in [-0.3, -0.25) is 4.55 Å². The van der Waals surface area contributed by atoms with Gasteiger partial charge in [0.25, 0.3) is 10.1 Å². The van der Waals surface area contributed by atoms with Gasteiger partial charge in [0.05, 0.1) is 8.26 Å². The molecule has 0 fully saturated rings. The number of hydrogen-bond donors (Lipinski definition) is 1. The molecule has 0 saturated heterocycles. The Balaban J connectivity index is 3.38. The molecule has 0 bridgehead atoms. The molecule has 7 heteroatoms. The summed E-state index contributed by atoms with van der Waals surface area (Å²) in [6.07, 6.45) is 0. The predicted molar refractivity (Wildman–Crippen MR) is 49.5 cm³/mol. The first-order valence-electron chi connectivity index (χ1n) is 2.33. The molecule has 0 spiro atoms. The van der Waals surface area contributed by atoms with Gasteiger partial charge in [0.1, 0.15) is 4.90 Å². The fourth-order valence-corrected chi connectivity index (χ4v) is 3.83. The van der Waals surface area contributed by atoms with Crippen molar-refractivity contribution in [3.8, 4) is 0 Å². The Hall–Kier alpha value is 0.570. The molecule has 0 aliphatic heterocycles. The van der Waals surface area contributed by atoms with Crippen molar-refractivity contribution in [2.24, 2.45) is 0 Å². The molecule has 0 atom stereocenters. The molecule has 0 aliphatic rings. The summed E-state index contributed by atoms with van der Waals surface area (Å²) in [5.74, 6) is 0. The van der Waals surface area contributed by atoms with Crippen LogP contribution < -0.4 is 0 Å². The maximum atomic E-state index is 10.6. The van der Waals surface area contributed by atoms with Crippen LogP contribution in [0.25, 0.3) is 0 Å². The number of hydrogen-bond acceptors (Lipinski definition) is 3. The molecule has 0 aliphatic carbocycles. The highest BCUT2D eigenvalue weighted by Crippen LogP contribution is 2.35. The van der Waals surface area contributed by atoms with E-state index in [-0.39, 0.29) is 4.90 Å². The molecule has 1 rings (SSSR count). The van der Waals surface area contributed by atoms with Gasteiger partial charge >= 0.3 is 0 Å². The Labute approximate surface area is 84.4 Å². The predicted octanol–water partition coefficient (Wildman–Crippen LogP) is 2.52. The molecule has 62 valence electrons. The average molecular weight is 322 g/mol. The SMILES string of the molecule is O=S(=O)(O)c1csc(Br)c1Br. The minimum absolute atomic E-state index is 0.102. The van der Waals surface area contributed by atoms with E-state index < -0.39 is 10.1 Å². The van der Waals surface area contributed by atoms with Gasteiger partial charge in [-0.25, -0.2) is 0 Å². The zero-order chi connectivity index (χ0) is 8.65. The Bertz CT molecular complexity index is 367. The lowest BCUT2D eigenvalue weighted by molar-refractivity contribution is 0.483. The van der Waals surface area contributed by atoms with Crippen LogP contribution in [0.1, 0.15) is 0 Å². The maximum absolute atomic E-state index is 10.6. The quantitative estimate of drug-likeness (QED) is 0.809. The zero-order valence-electron chi connectivity index (χ0n) is 4.91. The Morgan fingerprint density at radius 2 is 2.00 bits per heavy atom. The summed E-state index contributed by atoms with van der Waals surface area (Å²) in [5.41, 5.74) is 0. The van der Waals surface area contributed by atoms with Crippen molar-refractivity contribution < 1.29 is 13.0 Å². The molecule has 0 unspecified atom stereocenters. The van der Waals surface area contributed by atoms with Crippen molar-refractivity contribution in [1.82, 2.24) is 0 Å². The third-order valence-corrected chi connectivity index (χ3v) is 5.57. The van der Waals surface area contributed by atoms with Crippen molar-refractivity contribution in [2.75, 3.05) is 0 Å². The summed E-state index contributed by atoms with van der Waals surface area (Å²) in [5, 5.41) is 1.35. The fraction of sp³-hybridized carbons (Fsp3) is 0. The van der Waals surface area contributed by atoms with Crippen molar-refractivity contribution in [2.45, 2.75) is 4.90 Å². The van der Waals surface area contributed by atoms with E-state index in [1.54, 1.807) is 0 Å². The Kier molecular flexibility index (Phi) is 2.75. The monoisotopic (exact) mass is 320 g/mol. The van der Waals surface area contributed by atoms with Crippen LogP contribution in [0.15, 0.2) is 18.5 Å². The van der Waals surface area contributed by atoms with E-state index in [4.69, 9.17) is 4.55 Å². The highest BCUT2D eigenvalue weighted by molar-refractivity contribution is 9.13. The number of rotatable bonds is 1. The third-order valence-electron chi connectivity index (χ3n) is 0.936. The van der Waals surface area contributed by atoms with Crippen LogP contribution in [0.4, 0.5) is 0 Å². The normalized spacial score (nSPS) is 11.9. The van der Waals surface area contributed by atoms with Gasteiger partial charge in [-0.05, 0) is 31.9 Å². The van der Waals surface area contributed by atoms with Crippen molar-refractivity contribution in [3.05, 3.63) is 13.6 Å². The highest BCUT2D eigenvalue weighted by atomic mass is 79.9. The second kappa shape index (κ2) is 3.14. The zero-order valence-corrected chi connectivity index (χ0v) is 9.72. The molecule has 1 heterocycles. The van der Waals surface area contributed by atoms with E-state index in [1.165, 1.54) is 16.7 Å². The second-order valence-electron chi connectivity index (χ2n) is 1.66. The molecule has 1 aromatic rings. The summed E-state index contributed by atoms with van der Waals surface area (Å²) >= 11 is 7.30. The van der Waals surface area contributed by atoms with E-state index in [0.29, 0.717) is 8.26 Å². The van der Waals surface area contributed by atoms with Crippen LogP contribution in [0.5, 0.6) is 0 Å². The molecule has 1 aromatic heterocycles. The molecular formula is C4H2Br2O3S2. The van der Waals surface area contributed by atoms with E-state index in [9.17, 15) is 8.42 Å². The molecular weight excluding hydrogens is 320 g/mol. The van der Waals surface area contributed by atoms with Crippen molar-refractivity contribution in [1.29, 1.82) is 0 Å². The lowest BCUT2D eigenvalue weighted by Gasteiger charge is -1.91. The fourth-order valence-electron chi connectivity index (χ4n) is 0.480. The first kappa shape index (κ1) is 9.66. The molecule has 1 N–H and O–H groups in total. The van der Waals surface area contributed by atoms with Gasteiger partial charge in [0.15, 0.2) is 0 Å². The topological polar surface area (TPSA) is 54.4 Å². The first-order valence-corrected chi connectivity index (χ1v) is 6.23. The third kappa shape index (κ3) is 2.03. The standard InChI is InChI=1S/C4H2Br2O3S2/c5-3-2(11(7,8)9)1-10-4(3)6/h1H,(H,7,8,9). The van der Waals surface area contributed by atoms with Gasteiger partial charge in [-0.2, -0.15) is 8.42 Å². The Morgan fingerprint density at radius 3 is 2.18 bits per heavy atom. The van der Waals surface area contributed by atoms with Gasteiger partial charge in [0, 0.05) is 5.38 Å². The lowest BCUT2D eigenvalue weighted by atomic mass is 10.7. The van der Waals surface area contributed by atoms with E-state index in [2.05, 4.69) is 31.9 Å². The van der Waals surface area contributed by atoms with Crippen molar-refractivity contribution >= 4 is 53.3 Å². The summed E-state index contributed by atoms with van der Waals surface area (Å²) < 4.78 is 30.8. The summed E-state index contributed by atoms with van der Waals surface area (Å²) in [4.78, 5) is -0.102. The smallest absolute Gasteiger partial charge is 0.282 e. The summed E-state index contributed by atoms with van der Waals surface area (Å²) in [6, 6.07) is 0. The van der Waals surface area contributed by atoms with E-state index >= 15 is 0 Å².